The van der Waals surface area contributed by atoms with Crippen LogP contribution in [-0.4, -0.2) is 46.7 Å². The zero-order chi connectivity index (χ0) is 17.6. The van der Waals surface area contributed by atoms with Crippen molar-refractivity contribution in [3.05, 3.63) is 48.4 Å². The fraction of sp³-hybridized carbons (Fsp3) is 0.333. The largest absolute Gasteiger partial charge is 0.504 e. The quantitative estimate of drug-likeness (QED) is 0.900. The number of carbonyl (C=O) groups is 1. The Kier molecular flexibility index (Phi) is 5.33. The van der Waals surface area contributed by atoms with Gasteiger partial charge >= 0.3 is 0 Å². The van der Waals surface area contributed by atoms with E-state index < -0.39 is 5.82 Å². The van der Waals surface area contributed by atoms with Gasteiger partial charge in [-0.2, -0.15) is 0 Å². The molecule has 2 aromatic rings. The van der Waals surface area contributed by atoms with Gasteiger partial charge in [0.25, 0.3) is 11.8 Å². The van der Waals surface area contributed by atoms with Gasteiger partial charge in [0.2, 0.25) is 0 Å². The molecule has 1 amide bonds. The molecule has 0 spiro atoms. The molecule has 1 N–H and O–H groups in total. The van der Waals surface area contributed by atoms with Crippen LogP contribution in [-0.2, 0) is 4.79 Å². The lowest BCUT2D eigenvalue weighted by atomic mass is 10.1. The van der Waals surface area contributed by atoms with Gasteiger partial charge in [0, 0.05) is 12.7 Å². The summed E-state index contributed by atoms with van der Waals surface area (Å²) in [5.41, 5.74) is 0. The zero-order valence-corrected chi connectivity index (χ0v) is 13.6. The highest BCUT2D eigenvalue weighted by atomic mass is 19.1. The molecule has 0 aliphatic carbocycles. The van der Waals surface area contributed by atoms with Crippen LogP contribution in [0.15, 0.2) is 42.6 Å². The number of hydrogen-bond donors (Lipinski definition) is 1. The third-order valence-electron chi connectivity index (χ3n) is 3.95. The Morgan fingerprint density at radius 2 is 2.16 bits per heavy atom. The van der Waals surface area contributed by atoms with E-state index in [0.717, 1.165) is 12.8 Å². The molecule has 2 heterocycles. The minimum absolute atomic E-state index is 0.0132. The van der Waals surface area contributed by atoms with Gasteiger partial charge in [-0.15, -0.1) is 0 Å². The van der Waals surface area contributed by atoms with Crippen LogP contribution in [0.4, 0.5) is 4.39 Å². The first-order chi connectivity index (χ1) is 12.1. The number of phenols is 1. The van der Waals surface area contributed by atoms with E-state index in [0.29, 0.717) is 13.1 Å². The molecule has 0 radical (unpaired) electrons. The molecule has 1 saturated heterocycles. The lowest BCUT2D eigenvalue weighted by Gasteiger charge is -2.32. The fourth-order valence-corrected chi connectivity index (χ4v) is 2.69. The lowest BCUT2D eigenvalue weighted by Crippen LogP contribution is -2.46. The van der Waals surface area contributed by atoms with Crippen LogP contribution in [0.3, 0.4) is 0 Å². The van der Waals surface area contributed by atoms with Gasteiger partial charge in [-0.25, -0.2) is 9.37 Å². The van der Waals surface area contributed by atoms with Crippen LogP contribution in [0.2, 0.25) is 0 Å². The number of pyridine rings is 1. The molecule has 132 valence electrons. The summed E-state index contributed by atoms with van der Waals surface area (Å²) in [6.45, 7) is 0.759. The molecule has 1 aromatic heterocycles. The predicted molar refractivity (Wildman–Crippen MR) is 88.0 cm³/mol. The van der Waals surface area contributed by atoms with Crippen molar-refractivity contribution in [3.8, 4) is 17.4 Å². The molecule has 25 heavy (non-hydrogen) atoms. The lowest BCUT2D eigenvalue weighted by molar-refractivity contribution is -0.136. The maximum Gasteiger partial charge on any atom is 0.260 e. The van der Waals surface area contributed by atoms with Gasteiger partial charge in [0.1, 0.15) is 6.10 Å². The Morgan fingerprint density at radius 1 is 1.32 bits per heavy atom. The highest BCUT2D eigenvalue weighted by Gasteiger charge is 2.26. The maximum absolute atomic E-state index is 13.6. The number of aromatic nitrogens is 1. The Hall–Kier alpha value is -2.83. The van der Waals surface area contributed by atoms with E-state index in [-0.39, 0.29) is 36.0 Å². The smallest absolute Gasteiger partial charge is 0.260 e. The fourth-order valence-electron chi connectivity index (χ4n) is 2.69. The van der Waals surface area contributed by atoms with Crippen LogP contribution in [0.1, 0.15) is 12.8 Å². The summed E-state index contributed by atoms with van der Waals surface area (Å²) in [6.07, 6.45) is 2.62. The van der Waals surface area contributed by atoms with Gasteiger partial charge in [0.15, 0.2) is 23.9 Å². The number of amides is 1. The Bertz CT molecular complexity index is 741. The first-order valence-electron chi connectivity index (χ1n) is 8.09. The summed E-state index contributed by atoms with van der Waals surface area (Å²) in [5.74, 6) is -0.531. The molecule has 3 rings (SSSR count). The third-order valence-corrected chi connectivity index (χ3v) is 3.95. The summed E-state index contributed by atoms with van der Waals surface area (Å²) < 4.78 is 24.6. The number of rotatable bonds is 5. The molecule has 1 fully saturated rings. The number of phenolic OH excluding ortho intramolecular Hbond substituents is 1. The highest BCUT2D eigenvalue weighted by Crippen LogP contribution is 2.24. The van der Waals surface area contributed by atoms with Crippen LogP contribution in [0, 0.1) is 5.82 Å². The maximum atomic E-state index is 13.6. The van der Waals surface area contributed by atoms with Crippen molar-refractivity contribution in [1.82, 2.24) is 9.88 Å². The Labute approximate surface area is 144 Å². The second kappa shape index (κ2) is 7.83. The standard InChI is InChI=1S/C18H19FN2O4/c19-14-6-3-9-20-18(14)25-13-5-4-10-21(11-13)17(23)12-24-16-8-2-1-7-15(16)22/h1-3,6-9,13,22H,4-5,10-12H2. The van der Waals surface area contributed by atoms with Crippen molar-refractivity contribution in [2.24, 2.45) is 0 Å². The number of aromatic hydroxyl groups is 1. The van der Waals surface area contributed by atoms with Gasteiger partial charge in [-0.1, -0.05) is 12.1 Å². The molecule has 1 aliphatic heterocycles. The van der Waals surface area contributed by atoms with E-state index in [1.807, 2.05) is 0 Å². The van der Waals surface area contributed by atoms with Crippen LogP contribution < -0.4 is 9.47 Å². The molecular formula is C18H19FN2O4. The normalized spacial score (nSPS) is 17.2. The van der Waals surface area contributed by atoms with Crippen LogP contribution in [0.25, 0.3) is 0 Å². The Morgan fingerprint density at radius 3 is 2.96 bits per heavy atom. The van der Waals surface area contributed by atoms with E-state index in [1.165, 1.54) is 24.4 Å². The van der Waals surface area contributed by atoms with Gasteiger partial charge in [-0.05, 0) is 37.1 Å². The van der Waals surface area contributed by atoms with E-state index in [2.05, 4.69) is 4.98 Å². The minimum Gasteiger partial charge on any atom is -0.504 e. The number of para-hydroxylation sites is 2. The summed E-state index contributed by atoms with van der Waals surface area (Å²) in [7, 11) is 0. The Balaban J connectivity index is 1.55. The summed E-state index contributed by atoms with van der Waals surface area (Å²) in [4.78, 5) is 17.8. The van der Waals surface area contributed by atoms with Crippen molar-refractivity contribution in [2.45, 2.75) is 18.9 Å². The number of hydrogen-bond acceptors (Lipinski definition) is 5. The van der Waals surface area contributed by atoms with Crippen molar-refractivity contribution >= 4 is 5.91 Å². The second-order valence-electron chi connectivity index (χ2n) is 5.77. The molecular weight excluding hydrogens is 327 g/mol. The number of nitrogens with zero attached hydrogens (tertiary/aromatic N) is 2. The molecule has 1 atom stereocenters. The first-order valence-corrected chi connectivity index (χ1v) is 8.09. The number of halogens is 1. The molecule has 1 unspecified atom stereocenters. The van der Waals surface area contributed by atoms with Crippen molar-refractivity contribution in [3.63, 3.8) is 0 Å². The number of likely N-dealkylation sites (tertiary alicyclic amines) is 1. The number of piperidine rings is 1. The van der Waals surface area contributed by atoms with Crippen LogP contribution >= 0.6 is 0 Å². The van der Waals surface area contributed by atoms with E-state index in [9.17, 15) is 14.3 Å². The third kappa shape index (κ3) is 4.37. The first kappa shape index (κ1) is 17.0. The number of benzene rings is 1. The SMILES string of the molecule is O=C(COc1ccccc1O)N1CCCC(Oc2ncccc2F)C1. The van der Waals surface area contributed by atoms with Gasteiger partial charge < -0.3 is 19.5 Å². The summed E-state index contributed by atoms with van der Waals surface area (Å²) in [6, 6.07) is 9.25. The highest BCUT2D eigenvalue weighted by molar-refractivity contribution is 5.78. The van der Waals surface area contributed by atoms with Gasteiger partial charge in [-0.3, -0.25) is 4.79 Å². The molecule has 6 nitrogen and oxygen atoms in total. The van der Waals surface area contributed by atoms with E-state index in [4.69, 9.17) is 9.47 Å². The number of ether oxygens (including phenoxy) is 2. The summed E-state index contributed by atoms with van der Waals surface area (Å²) >= 11 is 0. The average Bonchev–Trinajstić information content (AvgIpc) is 2.63. The second-order valence-corrected chi connectivity index (χ2v) is 5.77. The average molecular weight is 346 g/mol. The molecule has 1 aromatic carbocycles. The monoisotopic (exact) mass is 346 g/mol. The topological polar surface area (TPSA) is 71.9 Å². The van der Waals surface area contributed by atoms with Crippen molar-refractivity contribution in [1.29, 1.82) is 0 Å². The summed E-state index contributed by atoms with van der Waals surface area (Å²) in [5, 5.41) is 9.65. The number of carbonyl (C=O) groups excluding carboxylic acids is 1. The van der Waals surface area contributed by atoms with Crippen LogP contribution in [0.5, 0.6) is 17.4 Å². The minimum atomic E-state index is -0.520. The van der Waals surface area contributed by atoms with Crippen molar-refractivity contribution < 1.29 is 23.8 Å². The molecule has 0 saturated carbocycles. The van der Waals surface area contributed by atoms with Crippen molar-refractivity contribution in [2.75, 3.05) is 19.7 Å². The molecule has 7 heteroatoms. The van der Waals surface area contributed by atoms with Gasteiger partial charge in [0.05, 0.1) is 6.54 Å². The zero-order valence-electron chi connectivity index (χ0n) is 13.6. The van der Waals surface area contributed by atoms with E-state index in [1.54, 1.807) is 23.1 Å². The van der Waals surface area contributed by atoms with E-state index >= 15 is 0 Å². The molecule has 1 aliphatic rings. The predicted octanol–water partition coefficient (Wildman–Crippen LogP) is 2.38. The molecule has 0 bridgehead atoms.